The number of hydrogen-bond acceptors (Lipinski definition) is 10. The van der Waals surface area contributed by atoms with Crippen LogP contribution in [-0.2, 0) is 14.3 Å². The van der Waals surface area contributed by atoms with Gasteiger partial charge in [0.15, 0.2) is 6.29 Å². The fourth-order valence-corrected chi connectivity index (χ4v) is 3.82. The second kappa shape index (κ2) is 9.54. The number of nitrogens with one attached hydrogen (secondary N) is 2. The minimum Gasteiger partial charge on any atom is -0.396 e. The van der Waals surface area contributed by atoms with Crippen molar-refractivity contribution in [3.8, 4) is 0 Å². The van der Waals surface area contributed by atoms with E-state index in [0.717, 1.165) is 0 Å². The van der Waals surface area contributed by atoms with Crippen LogP contribution in [0, 0.1) is 5.92 Å². The van der Waals surface area contributed by atoms with Gasteiger partial charge in [-0.1, -0.05) is 0 Å². The Morgan fingerprint density at radius 1 is 1.04 bits per heavy atom. The first-order chi connectivity index (χ1) is 12.7. The maximum absolute atomic E-state index is 11.4. The van der Waals surface area contributed by atoms with Gasteiger partial charge in [0.05, 0.1) is 31.0 Å². The molecule has 11 heteroatoms. The number of rotatable bonds is 6. The van der Waals surface area contributed by atoms with Crippen LogP contribution in [0.25, 0.3) is 0 Å². The average Bonchev–Trinajstić information content (AvgIpc) is 2.64. The predicted molar refractivity (Wildman–Crippen MR) is 90.3 cm³/mol. The highest BCUT2D eigenvalue weighted by Crippen LogP contribution is 2.28. The second-order valence-corrected chi connectivity index (χ2v) is 7.13. The minimum atomic E-state index is -1.49. The molecule has 0 unspecified atom stereocenters. The summed E-state index contributed by atoms with van der Waals surface area (Å²) in [6, 6.07) is -2.65. The maximum atomic E-state index is 11.4. The summed E-state index contributed by atoms with van der Waals surface area (Å²) >= 11 is 0. The highest BCUT2D eigenvalue weighted by Gasteiger charge is 2.49. The van der Waals surface area contributed by atoms with Gasteiger partial charge in [0.25, 0.3) is 0 Å². The molecular formula is C16H30N2O9. The van der Waals surface area contributed by atoms with E-state index in [-0.39, 0.29) is 6.42 Å². The Morgan fingerprint density at radius 3 is 2.22 bits per heavy atom. The molecule has 0 aromatic heterocycles. The van der Waals surface area contributed by atoms with E-state index in [0.29, 0.717) is 0 Å². The molecule has 0 aromatic rings. The first-order valence-electron chi connectivity index (χ1n) is 8.90. The largest absolute Gasteiger partial charge is 0.396 e. The molecular weight excluding hydrogens is 364 g/mol. The summed E-state index contributed by atoms with van der Waals surface area (Å²) in [5.41, 5.74) is 0. The summed E-state index contributed by atoms with van der Waals surface area (Å²) in [7, 11) is 1.34. The Morgan fingerprint density at radius 2 is 1.70 bits per heavy atom. The molecule has 8 N–H and O–H groups in total. The molecule has 2 rings (SSSR count). The highest BCUT2D eigenvalue weighted by molar-refractivity contribution is 5.73. The second-order valence-electron chi connectivity index (χ2n) is 7.13. The first-order valence-corrected chi connectivity index (χ1v) is 8.90. The van der Waals surface area contributed by atoms with Gasteiger partial charge >= 0.3 is 0 Å². The lowest BCUT2D eigenvalue weighted by Gasteiger charge is -2.47. The number of carbonyl (C=O) groups excluding carboxylic acids is 1. The zero-order valence-electron chi connectivity index (χ0n) is 15.3. The number of aliphatic hydroxyl groups is 6. The Bertz CT molecular complexity index is 495. The van der Waals surface area contributed by atoms with E-state index in [1.54, 1.807) is 0 Å². The predicted octanol–water partition coefficient (Wildman–Crippen LogP) is -4.36. The van der Waals surface area contributed by atoms with Crippen molar-refractivity contribution in [3.05, 3.63) is 0 Å². The quantitative estimate of drug-likeness (QED) is 0.219. The van der Waals surface area contributed by atoms with Gasteiger partial charge in [-0.2, -0.15) is 0 Å². The van der Waals surface area contributed by atoms with Crippen LogP contribution in [0.4, 0.5) is 0 Å². The smallest absolute Gasteiger partial charge is 0.217 e. The summed E-state index contributed by atoms with van der Waals surface area (Å²) in [6.45, 7) is 0.407. The molecule has 1 saturated carbocycles. The molecule has 1 saturated heterocycles. The van der Waals surface area contributed by atoms with Crippen molar-refractivity contribution in [2.24, 2.45) is 5.92 Å². The van der Waals surface area contributed by atoms with E-state index in [2.05, 4.69) is 10.6 Å². The highest BCUT2D eigenvalue weighted by atomic mass is 16.7. The molecule has 1 aliphatic carbocycles. The molecule has 1 aliphatic heterocycles. The maximum Gasteiger partial charge on any atom is 0.217 e. The monoisotopic (exact) mass is 394 g/mol. The van der Waals surface area contributed by atoms with E-state index in [1.165, 1.54) is 14.0 Å². The minimum absolute atomic E-state index is 0.121. The summed E-state index contributed by atoms with van der Waals surface area (Å²) < 4.78 is 10.7. The molecule has 27 heavy (non-hydrogen) atoms. The van der Waals surface area contributed by atoms with Crippen molar-refractivity contribution < 1.29 is 44.9 Å². The Hall–Kier alpha value is -0.890. The fraction of sp³-hybridized carbons (Fsp3) is 0.938. The van der Waals surface area contributed by atoms with Crippen LogP contribution < -0.4 is 10.6 Å². The van der Waals surface area contributed by atoms with Gasteiger partial charge < -0.3 is 50.7 Å². The normalized spacial score (nSPS) is 45.5. The van der Waals surface area contributed by atoms with Crippen LogP contribution in [-0.4, -0.2) is 112 Å². The SMILES string of the molecule is CO[C@@H]1O[C@H](CO)[C@@H](N[C@@H]2C[C@H](CO)[C@H](O)[C@H](O)[C@H]2O)[C@H](O)[C@H]1NC(C)=O. The lowest BCUT2D eigenvalue weighted by Crippen LogP contribution is -2.71. The molecule has 1 amide bonds. The van der Waals surface area contributed by atoms with Gasteiger partial charge in [-0.15, -0.1) is 0 Å². The fourth-order valence-electron chi connectivity index (χ4n) is 3.82. The van der Waals surface area contributed by atoms with Crippen LogP contribution in [0.3, 0.4) is 0 Å². The van der Waals surface area contributed by atoms with E-state index in [9.17, 15) is 35.4 Å². The van der Waals surface area contributed by atoms with Gasteiger partial charge in [0.1, 0.15) is 18.2 Å². The van der Waals surface area contributed by atoms with E-state index in [4.69, 9.17) is 9.47 Å². The molecule has 0 radical (unpaired) electrons. The summed E-state index contributed by atoms with van der Waals surface area (Å²) in [4.78, 5) is 11.4. The van der Waals surface area contributed by atoms with E-state index >= 15 is 0 Å². The topological polar surface area (TPSA) is 181 Å². The van der Waals surface area contributed by atoms with Gasteiger partial charge in [-0.3, -0.25) is 4.79 Å². The van der Waals surface area contributed by atoms with Crippen molar-refractivity contribution >= 4 is 5.91 Å². The third kappa shape index (κ3) is 4.75. The average molecular weight is 394 g/mol. The molecule has 11 nitrogen and oxygen atoms in total. The molecule has 0 spiro atoms. The van der Waals surface area contributed by atoms with Crippen molar-refractivity contribution in [3.63, 3.8) is 0 Å². The van der Waals surface area contributed by atoms with Crippen molar-refractivity contribution in [1.82, 2.24) is 10.6 Å². The summed E-state index contributed by atoms with van der Waals surface area (Å²) in [6.07, 6.45) is -7.17. The third-order valence-corrected chi connectivity index (χ3v) is 5.31. The van der Waals surface area contributed by atoms with Crippen molar-refractivity contribution in [2.45, 2.75) is 68.3 Å². The zero-order valence-corrected chi connectivity index (χ0v) is 15.3. The van der Waals surface area contributed by atoms with Gasteiger partial charge in [-0.05, 0) is 6.42 Å². The molecule has 2 aliphatic rings. The first kappa shape index (κ1) is 22.4. The number of ether oxygens (including phenoxy) is 2. The molecule has 1 heterocycles. The van der Waals surface area contributed by atoms with Crippen LogP contribution in [0.1, 0.15) is 13.3 Å². The van der Waals surface area contributed by atoms with Crippen LogP contribution >= 0.6 is 0 Å². The number of hydrogen-bond donors (Lipinski definition) is 8. The molecule has 158 valence electrons. The van der Waals surface area contributed by atoms with Crippen LogP contribution in [0.2, 0.25) is 0 Å². The summed E-state index contributed by atoms with van der Waals surface area (Å²) in [5.74, 6) is -1.09. The number of methoxy groups -OCH3 is 1. The molecule has 2 fully saturated rings. The van der Waals surface area contributed by atoms with E-state index in [1.807, 2.05) is 0 Å². The number of carbonyl (C=O) groups is 1. The number of amides is 1. The Labute approximate surface area is 156 Å². The number of aliphatic hydroxyl groups excluding tert-OH is 6. The van der Waals surface area contributed by atoms with Crippen LogP contribution in [0.5, 0.6) is 0 Å². The molecule has 0 aromatic carbocycles. The van der Waals surface area contributed by atoms with Gasteiger partial charge in [0, 0.05) is 32.6 Å². The van der Waals surface area contributed by atoms with Crippen molar-refractivity contribution in [2.75, 3.05) is 20.3 Å². The summed E-state index contributed by atoms with van der Waals surface area (Å²) in [5, 5.41) is 65.5. The van der Waals surface area contributed by atoms with Gasteiger partial charge in [-0.25, -0.2) is 0 Å². The van der Waals surface area contributed by atoms with Gasteiger partial charge in [0.2, 0.25) is 5.91 Å². The lowest BCUT2D eigenvalue weighted by atomic mass is 9.79. The van der Waals surface area contributed by atoms with Crippen molar-refractivity contribution in [1.29, 1.82) is 0 Å². The standard InChI is InChI=1S/C16H30N2O9/c1-6(21)17-11-14(24)10(9(5-20)27-16(11)26-2)18-8-3-7(4-19)12(22)15(25)13(8)23/h7-16,18-20,22-25H,3-5H2,1-2H3,(H,17,21)/t7-,8-,9-,10-,11-,12+,13+,14+,15+,16-/m1/s1. The molecule has 0 bridgehead atoms. The van der Waals surface area contributed by atoms with Crippen LogP contribution in [0.15, 0.2) is 0 Å². The Balaban J connectivity index is 2.19. The zero-order chi connectivity index (χ0) is 20.3. The molecule has 10 atom stereocenters. The van der Waals surface area contributed by atoms with E-state index < -0.39 is 80.0 Å². The third-order valence-electron chi connectivity index (χ3n) is 5.31. The lowest BCUT2D eigenvalue weighted by molar-refractivity contribution is -0.240. The Kier molecular flexibility index (Phi) is 7.92.